The molecule has 0 amide bonds. The van der Waals surface area contributed by atoms with Crippen molar-refractivity contribution >= 4 is 14.8 Å². The molecule has 6 heteroatoms. The summed E-state index contributed by atoms with van der Waals surface area (Å²) in [5, 5.41) is 0. The van der Waals surface area contributed by atoms with Crippen molar-refractivity contribution in [1.29, 1.82) is 0 Å². The lowest BCUT2D eigenvalue weighted by molar-refractivity contribution is 0.479. The summed E-state index contributed by atoms with van der Waals surface area (Å²) in [6, 6.07) is 0. The Morgan fingerprint density at radius 3 is 1.56 bits per heavy atom. The largest absolute Gasteiger partial charge is 0.333 e. The van der Waals surface area contributed by atoms with E-state index in [-0.39, 0.29) is 0 Å². The fraction of sp³-hybridized carbons (Fsp3) is 1.00. The van der Waals surface area contributed by atoms with E-state index in [2.05, 4.69) is 4.86 Å². The van der Waals surface area contributed by atoms with E-state index < -0.39 is 14.8 Å². The van der Waals surface area contributed by atoms with Crippen molar-refractivity contribution in [2.24, 2.45) is 0 Å². The molecule has 0 saturated carbocycles. The van der Waals surface area contributed by atoms with Gasteiger partial charge in [0.05, 0.1) is 0 Å². The molecule has 0 bridgehead atoms. The molecule has 0 aliphatic rings. The summed E-state index contributed by atoms with van der Waals surface area (Å²) >= 11 is 0. The Hall–Kier alpha value is 0.380. The molecule has 56 valence electrons. The lowest BCUT2D eigenvalue weighted by atomic mass is 11.9. The first-order valence-electron chi connectivity index (χ1n) is 2.35. The Morgan fingerprint density at radius 1 is 1.22 bits per heavy atom. The normalized spacial score (nSPS) is 19.1. The van der Waals surface area contributed by atoms with E-state index in [9.17, 15) is 9.13 Å². The van der Waals surface area contributed by atoms with Gasteiger partial charge in [-0.1, -0.05) is 0 Å². The van der Waals surface area contributed by atoms with Gasteiger partial charge in [0.15, 0.2) is 0 Å². The molecule has 0 saturated heterocycles. The molecule has 0 aromatic carbocycles. The van der Waals surface area contributed by atoms with Gasteiger partial charge in [-0.15, -0.1) is 0 Å². The van der Waals surface area contributed by atoms with Crippen molar-refractivity contribution in [3.63, 3.8) is 0 Å². The average Bonchev–Trinajstić information content (AvgIpc) is 1.14. The van der Waals surface area contributed by atoms with Crippen molar-refractivity contribution in [1.82, 2.24) is 4.86 Å². The van der Waals surface area contributed by atoms with Gasteiger partial charge in [0.1, 0.15) is 7.29 Å². The van der Waals surface area contributed by atoms with Crippen LogP contribution in [0.15, 0.2) is 0 Å². The molecule has 9 heavy (non-hydrogen) atoms. The molecule has 0 aliphatic heterocycles. The Balaban J connectivity index is 4.07. The summed E-state index contributed by atoms with van der Waals surface area (Å²) < 4.78 is 21.3. The van der Waals surface area contributed by atoms with Crippen molar-refractivity contribution in [3.05, 3.63) is 0 Å². The summed E-state index contributed by atoms with van der Waals surface area (Å²) in [5.41, 5.74) is 0. The minimum absolute atomic E-state index is 1.12. The van der Waals surface area contributed by atoms with Gasteiger partial charge in [0, 0.05) is 20.0 Å². The predicted octanol–water partition coefficient (Wildman–Crippen LogP) is 0.929. The van der Waals surface area contributed by atoms with Crippen LogP contribution in [0, 0.1) is 0 Å². The van der Waals surface area contributed by atoms with Crippen LogP contribution in [0.3, 0.4) is 0 Å². The van der Waals surface area contributed by atoms with Gasteiger partial charge in [-0.3, -0.25) is 4.57 Å². The molecule has 0 fully saturated rings. The number of hydrogen-bond donors (Lipinski definition) is 2. The molecule has 0 aliphatic carbocycles. The number of rotatable bonds is 2. The van der Waals surface area contributed by atoms with Crippen LogP contribution in [-0.2, 0) is 9.13 Å². The summed E-state index contributed by atoms with van der Waals surface area (Å²) in [6.45, 7) is 3.92. The number of nitrogens with one attached hydrogen (secondary N) is 1. The Morgan fingerprint density at radius 2 is 1.56 bits per heavy atom. The molecule has 0 heterocycles. The highest BCUT2D eigenvalue weighted by molar-refractivity contribution is 7.73. The summed E-state index contributed by atoms with van der Waals surface area (Å²) in [4.78, 5) is 10.8. The van der Waals surface area contributed by atoms with E-state index in [1.165, 1.54) is 13.3 Å². The van der Waals surface area contributed by atoms with Crippen molar-refractivity contribution in [2.75, 3.05) is 20.0 Å². The highest BCUT2D eigenvalue weighted by atomic mass is 31.2. The topological polar surface area (TPSA) is 66.4 Å². The maximum absolute atomic E-state index is 10.8. The zero-order valence-corrected chi connectivity index (χ0v) is 7.45. The molecule has 1 unspecified atom stereocenters. The molecular weight excluding hydrogens is 160 g/mol. The molecular formula is C3H11NO3P2. The zero-order valence-electron chi connectivity index (χ0n) is 5.66. The highest BCUT2D eigenvalue weighted by Crippen LogP contribution is 2.45. The lowest BCUT2D eigenvalue weighted by Gasteiger charge is -2.10. The van der Waals surface area contributed by atoms with Gasteiger partial charge < -0.3 is 9.46 Å². The molecule has 0 aromatic heterocycles. The lowest BCUT2D eigenvalue weighted by Crippen LogP contribution is -2.03. The van der Waals surface area contributed by atoms with Gasteiger partial charge in [-0.25, -0.2) is 0 Å². The van der Waals surface area contributed by atoms with E-state index in [1.54, 1.807) is 0 Å². The average molecular weight is 171 g/mol. The van der Waals surface area contributed by atoms with Gasteiger partial charge in [-0.2, -0.15) is 4.86 Å². The highest BCUT2D eigenvalue weighted by Gasteiger charge is 2.17. The SMILES string of the molecule is CP(C)(=O)NP(C)(=O)O. The zero-order chi connectivity index (χ0) is 7.71. The molecule has 2 N–H and O–H groups in total. The Labute approximate surface area is 54.6 Å². The van der Waals surface area contributed by atoms with Gasteiger partial charge in [-0.05, 0) is 0 Å². The van der Waals surface area contributed by atoms with Gasteiger partial charge in [0.2, 0.25) is 0 Å². The molecule has 0 spiro atoms. The quantitative estimate of drug-likeness (QED) is 0.606. The molecule has 0 aromatic rings. The maximum atomic E-state index is 10.8. The third-order valence-electron chi connectivity index (χ3n) is 0.426. The second kappa shape index (κ2) is 2.55. The van der Waals surface area contributed by atoms with Crippen molar-refractivity contribution in [2.45, 2.75) is 0 Å². The monoisotopic (exact) mass is 171 g/mol. The van der Waals surface area contributed by atoms with Crippen LogP contribution in [0.1, 0.15) is 0 Å². The minimum Gasteiger partial charge on any atom is -0.333 e. The second-order valence-electron chi connectivity index (χ2n) is 2.33. The Bertz CT molecular complexity index is 157. The third-order valence-corrected chi connectivity index (χ3v) is 3.84. The molecule has 4 nitrogen and oxygen atoms in total. The van der Waals surface area contributed by atoms with Crippen LogP contribution < -0.4 is 4.86 Å². The van der Waals surface area contributed by atoms with Crippen LogP contribution in [0.25, 0.3) is 0 Å². The summed E-state index contributed by atoms with van der Waals surface area (Å²) in [7, 11) is -5.85. The van der Waals surface area contributed by atoms with E-state index in [0.717, 1.165) is 6.66 Å². The van der Waals surface area contributed by atoms with E-state index in [1.807, 2.05) is 0 Å². The Kier molecular flexibility index (Phi) is 2.66. The van der Waals surface area contributed by atoms with Crippen LogP contribution in [0.2, 0.25) is 0 Å². The standard InChI is InChI=1S/C3H11NO3P2/c1-8(2,5)4-9(3,6)7/h1-3H3,(H2,4,5,6,7). The van der Waals surface area contributed by atoms with E-state index in [4.69, 9.17) is 4.89 Å². The van der Waals surface area contributed by atoms with E-state index in [0.29, 0.717) is 0 Å². The fourth-order valence-corrected chi connectivity index (χ4v) is 4.02. The van der Waals surface area contributed by atoms with E-state index >= 15 is 0 Å². The van der Waals surface area contributed by atoms with Crippen molar-refractivity contribution in [3.8, 4) is 0 Å². The maximum Gasteiger partial charge on any atom is 0.269 e. The predicted molar refractivity (Wildman–Crippen MR) is 38.3 cm³/mol. The third kappa shape index (κ3) is 8.38. The number of hydrogen-bond acceptors (Lipinski definition) is 2. The van der Waals surface area contributed by atoms with Crippen LogP contribution in [0.4, 0.5) is 0 Å². The van der Waals surface area contributed by atoms with Crippen LogP contribution in [-0.4, -0.2) is 24.9 Å². The van der Waals surface area contributed by atoms with Gasteiger partial charge in [0.25, 0.3) is 7.52 Å². The molecule has 1 atom stereocenters. The molecule has 0 rings (SSSR count). The minimum atomic E-state index is -3.30. The first-order chi connectivity index (χ1) is 3.71. The fourth-order valence-electron chi connectivity index (χ4n) is 0.447. The first kappa shape index (κ1) is 9.38. The van der Waals surface area contributed by atoms with Crippen LogP contribution >= 0.6 is 14.8 Å². The second-order valence-corrected chi connectivity index (χ2v) is 7.59. The van der Waals surface area contributed by atoms with Gasteiger partial charge >= 0.3 is 0 Å². The molecule has 0 radical (unpaired) electrons. The summed E-state index contributed by atoms with van der Waals surface area (Å²) in [6.07, 6.45) is 0. The van der Waals surface area contributed by atoms with Crippen LogP contribution in [0.5, 0.6) is 0 Å². The summed E-state index contributed by atoms with van der Waals surface area (Å²) in [5.74, 6) is 0. The smallest absolute Gasteiger partial charge is 0.269 e. The van der Waals surface area contributed by atoms with Crippen molar-refractivity contribution < 1.29 is 14.0 Å². The first-order valence-corrected chi connectivity index (χ1v) is 7.06.